The normalized spacial score (nSPS) is 19.8. The molecule has 1 aromatic carbocycles. The van der Waals surface area contributed by atoms with Crippen molar-refractivity contribution in [2.45, 2.75) is 19.1 Å². The molecule has 0 aliphatic carbocycles. The SMILES string of the molecule is CN1CCC(Oc2ccc(Cl)cc2CO)C1=O. The van der Waals surface area contributed by atoms with Gasteiger partial charge < -0.3 is 14.7 Å². The Labute approximate surface area is 105 Å². The first kappa shape index (κ1) is 12.2. The summed E-state index contributed by atoms with van der Waals surface area (Å²) in [4.78, 5) is 13.3. The van der Waals surface area contributed by atoms with Crippen molar-refractivity contribution < 1.29 is 14.6 Å². The molecule has 4 nitrogen and oxygen atoms in total. The molecule has 2 rings (SSSR count). The molecule has 1 atom stereocenters. The minimum absolute atomic E-state index is 0.0242. The van der Waals surface area contributed by atoms with Crippen molar-refractivity contribution in [3.05, 3.63) is 28.8 Å². The number of likely N-dealkylation sites (tertiary alicyclic amines) is 1. The zero-order valence-electron chi connectivity index (χ0n) is 9.52. The maximum atomic E-state index is 11.7. The smallest absolute Gasteiger partial charge is 0.263 e. The second kappa shape index (κ2) is 4.94. The van der Waals surface area contributed by atoms with Crippen LogP contribution in [0.4, 0.5) is 0 Å². The molecule has 1 fully saturated rings. The van der Waals surface area contributed by atoms with E-state index < -0.39 is 6.10 Å². The molecule has 5 heteroatoms. The Kier molecular flexibility index (Phi) is 3.54. The van der Waals surface area contributed by atoms with Crippen molar-refractivity contribution >= 4 is 17.5 Å². The van der Waals surface area contributed by atoms with Crippen molar-refractivity contribution in [3.8, 4) is 5.75 Å². The summed E-state index contributed by atoms with van der Waals surface area (Å²) < 4.78 is 5.63. The average molecular weight is 256 g/mol. The topological polar surface area (TPSA) is 49.8 Å². The number of aliphatic hydroxyl groups excluding tert-OH is 1. The second-order valence-corrected chi connectivity index (χ2v) is 4.50. The average Bonchev–Trinajstić information content (AvgIpc) is 2.63. The Hall–Kier alpha value is -1.26. The number of hydrogen-bond acceptors (Lipinski definition) is 3. The van der Waals surface area contributed by atoms with Crippen LogP contribution >= 0.6 is 11.6 Å². The molecular weight excluding hydrogens is 242 g/mol. The Morgan fingerprint density at radius 3 is 2.94 bits per heavy atom. The van der Waals surface area contributed by atoms with Crippen LogP contribution in [0.3, 0.4) is 0 Å². The quantitative estimate of drug-likeness (QED) is 0.889. The Balaban J connectivity index is 2.16. The molecule has 0 aromatic heterocycles. The third-order valence-corrected chi connectivity index (χ3v) is 3.08. The molecule has 0 bridgehead atoms. The van der Waals surface area contributed by atoms with Crippen LogP contribution in [0.1, 0.15) is 12.0 Å². The lowest BCUT2D eigenvalue weighted by Gasteiger charge is -2.15. The van der Waals surface area contributed by atoms with E-state index >= 15 is 0 Å². The molecule has 0 saturated carbocycles. The van der Waals surface area contributed by atoms with Gasteiger partial charge in [0.05, 0.1) is 6.61 Å². The van der Waals surface area contributed by atoms with Gasteiger partial charge in [0.15, 0.2) is 6.10 Å². The number of halogens is 1. The number of ether oxygens (including phenoxy) is 1. The van der Waals surface area contributed by atoms with Gasteiger partial charge in [0.25, 0.3) is 5.91 Å². The summed E-state index contributed by atoms with van der Waals surface area (Å²) in [6.45, 7) is 0.540. The molecule has 1 unspecified atom stereocenters. The Morgan fingerprint density at radius 2 is 2.35 bits per heavy atom. The van der Waals surface area contributed by atoms with Crippen LogP contribution in [0.2, 0.25) is 5.02 Å². The van der Waals surface area contributed by atoms with E-state index in [0.717, 1.165) is 0 Å². The molecule has 92 valence electrons. The largest absolute Gasteiger partial charge is 0.480 e. The summed E-state index contributed by atoms with van der Waals surface area (Å²) >= 11 is 5.82. The van der Waals surface area contributed by atoms with Crippen LogP contribution in [0.25, 0.3) is 0 Å². The first-order valence-corrected chi connectivity index (χ1v) is 5.80. The summed E-state index contributed by atoms with van der Waals surface area (Å²) in [5.41, 5.74) is 0.597. The van der Waals surface area contributed by atoms with Gasteiger partial charge in [-0.05, 0) is 18.2 Å². The van der Waals surface area contributed by atoms with E-state index in [4.69, 9.17) is 16.3 Å². The second-order valence-electron chi connectivity index (χ2n) is 4.07. The zero-order chi connectivity index (χ0) is 12.4. The lowest BCUT2D eigenvalue weighted by Crippen LogP contribution is -2.29. The summed E-state index contributed by atoms with van der Waals surface area (Å²) in [6.07, 6.45) is 0.217. The summed E-state index contributed by atoms with van der Waals surface area (Å²) in [5.74, 6) is 0.495. The monoisotopic (exact) mass is 255 g/mol. The molecule has 1 amide bonds. The highest BCUT2D eigenvalue weighted by molar-refractivity contribution is 6.30. The van der Waals surface area contributed by atoms with Crippen molar-refractivity contribution in [2.24, 2.45) is 0 Å². The number of benzene rings is 1. The first-order valence-electron chi connectivity index (χ1n) is 5.42. The fraction of sp³-hybridized carbons (Fsp3) is 0.417. The van der Waals surface area contributed by atoms with Gasteiger partial charge >= 0.3 is 0 Å². The number of aliphatic hydroxyl groups is 1. The predicted molar refractivity (Wildman–Crippen MR) is 64.0 cm³/mol. The number of likely N-dealkylation sites (N-methyl/N-ethyl adjacent to an activating group) is 1. The van der Waals surface area contributed by atoms with Crippen LogP contribution in [-0.4, -0.2) is 35.6 Å². The van der Waals surface area contributed by atoms with E-state index in [9.17, 15) is 9.90 Å². The lowest BCUT2D eigenvalue weighted by atomic mass is 10.2. The van der Waals surface area contributed by atoms with E-state index in [1.54, 1.807) is 30.1 Å². The Bertz CT molecular complexity index is 436. The Morgan fingerprint density at radius 1 is 1.59 bits per heavy atom. The number of hydrogen-bond donors (Lipinski definition) is 1. The van der Waals surface area contributed by atoms with E-state index in [0.29, 0.717) is 29.3 Å². The molecule has 1 aromatic rings. The van der Waals surface area contributed by atoms with Gasteiger partial charge in [-0.2, -0.15) is 0 Å². The number of nitrogens with zero attached hydrogens (tertiary/aromatic N) is 1. The molecule has 1 aliphatic rings. The maximum absolute atomic E-state index is 11.7. The van der Waals surface area contributed by atoms with Crippen molar-refractivity contribution in [1.29, 1.82) is 0 Å². The standard InChI is InChI=1S/C12H14ClNO3/c1-14-5-4-11(12(14)16)17-10-3-2-9(13)6-8(10)7-15/h2-3,6,11,15H,4-5,7H2,1H3. The van der Waals surface area contributed by atoms with Crippen LogP contribution in [0.5, 0.6) is 5.75 Å². The molecule has 1 aliphatic heterocycles. The van der Waals surface area contributed by atoms with Gasteiger partial charge in [0.1, 0.15) is 5.75 Å². The molecule has 1 N–H and O–H groups in total. The first-order chi connectivity index (χ1) is 8.11. The highest BCUT2D eigenvalue weighted by atomic mass is 35.5. The third kappa shape index (κ3) is 2.53. The maximum Gasteiger partial charge on any atom is 0.263 e. The molecule has 17 heavy (non-hydrogen) atoms. The third-order valence-electron chi connectivity index (χ3n) is 2.84. The number of carbonyl (C=O) groups is 1. The minimum Gasteiger partial charge on any atom is -0.480 e. The van der Waals surface area contributed by atoms with E-state index in [1.165, 1.54) is 0 Å². The zero-order valence-corrected chi connectivity index (χ0v) is 10.3. The molecule has 0 radical (unpaired) electrons. The molecular formula is C12H14ClNO3. The van der Waals surface area contributed by atoms with E-state index in [2.05, 4.69) is 0 Å². The fourth-order valence-electron chi connectivity index (χ4n) is 1.84. The van der Waals surface area contributed by atoms with Gasteiger partial charge in [0.2, 0.25) is 0 Å². The van der Waals surface area contributed by atoms with Crippen molar-refractivity contribution in [1.82, 2.24) is 4.90 Å². The molecule has 1 heterocycles. The van der Waals surface area contributed by atoms with Gasteiger partial charge in [-0.1, -0.05) is 11.6 Å². The minimum atomic E-state index is -0.452. The van der Waals surface area contributed by atoms with Crippen molar-refractivity contribution in [2.75, 3.05) is 13.6 Å². The van der Waals surface area contributed by atoms with Crippen LogP contribution in [-0.2, 0) is 11.4 Å². The van der Waals surface area contributed by atoms with Crippen LogP contribution in [0, 0.1) is 0 Å². The van der Waals surface area contributed by atoms with Gasteiger partial charge in [0, 0.05) is 30.6 Å². The van der Waals surface area contributed by atoms with Gasteiger partial charge in [-0.15, -0.1) is 0 Å². The van der Waals surface area contributed by atoms with E-state index in [-0.39, 0.29) is 12.5 Å². The molecule has 1 saturated heterocycles. The highest BCUT2D eigenvalue weighted by Gasteiger charge is 2.31. The number of rotatable bonds is 3. The van der Waals surface area contributed by atoms with Gasteiger partial charge in [-0.3, -0.25) is 4.79 Å². The highest BCUT2D eigenvalue weighted by Crippen LogP contribution is 2.26. The summed E-state index contributed by atoms with van der Waals surface area (Å²) in [7, 11) is 1.75. The van der Waals surface area contributed by atoms with Crippen LogP contribution in [0.15, 0.2) is 18.2 Å². The fourth-order valence-corrected chi connectivity index (χ4v) is 2.03. The molecule has 0 spiro atoms. The van der Waals surface area contributed by atoms with Crippen molar-refractivity contribution in [3.63, 3.8) is 0 Å². The number of amides is 1. The predicted octanol–water partition coefficient (Wildman–Crippen LogP) is 1.44. The van der Waals surface area contributed by atoms with Gasteiger partial charge in [-0.25, -0.2) is 0 Å². The summed E-state index contributed by atoms with van der Waals surface area (Å²) in [6, 6.07) is 5.00. The van der Waals surface area contributed by atoms with E-state index in [1.807, 2.05) is 0 Å². The van der Waals surface area contributed by atoms with Crippen LogP contribution < -0.4 is 4.74 Å². The number of carbonyl (C=O) groups excluding carboxylic acids is 1. The lowest BCUT2D eigenvalue weighted by molar-refractivity contribution is -0.132. The summed E-state index contributed by atoms with van der Waals surface area (Å²) in [5, 5.41) is 9.74.